The highest BCUT2D eigenvalue weighted by atomic mass is 16.6. The summed E-state index contributed by atoms with van der Waals surface area (Å²) in [6.07, 6.45) is 3.57. The fourth-order valence-corrected chi connectivity index (χ4v) is 4.23. The standard InChI is InChI=1S/C21H27N3O4/c1-5-27-18(25)17(19(26)28-6-2)15-8-7-9-16(10-15)21(11-14(3)12-21)20-23-22-13-24(20)4/h7-10,13-14,17H,5-6,11-12H2,1-4H3. The monoisotopic (exact) mass is 385 g/mol. The lowest BCUT2D eigenvalue weighted by Gasteiger charge is -2.46. The maximum absolute atomic E-state index is 12.5. The molecule has 0 radical (unpaired) electrons. The van der Waals surface area contributed by atoms with Gasteiger partial charge in [-0.2, -0.15) is 0 Å². The van der Waals surface area contributed by atoms with E-state index in [1.54, 1.807) is 26.2 Å². The van der Waals surface area contributed by atoms with E-state index in [1.807, 2.05) is 29.8 Å². The lowest BCUT2D eigenvalue weighted by atomic mass is 9.58. The summed E-state index contributed by atoms with van der Waals surface area (Å²) in [5.74, 6) is -0.813. The molecule has 1 aromatic carbocycles. The van der Waals surface area contributed by atoms with E-state index in [-0.39, 0.29) is 18.6 Å². The van der Waals surface area contributed by atoms with E-state index in [0.29, 0.717) is 11.5 Å². The van der Waals surface area contributed by atoms with Gasteiger partial charge in [0, 0.05) is 7.05 Å². The summed E-state index contributed by atoms with van der Waals surface area (Å²) < 4.78 is 12.2. The molecular weight excluding hydrogens is 358 g/mol. The van der Waals surface area contributed by atoms with Crippen LogP contribution in [-0.2, 0) is 31.5 Å². The molecule has 150 valence electrons. The minimum atomic E-state index is -1.09. The normalized spacial score (nSPS) is 21.2. The van der Waals surface area contributed by atoms with Crippen molar-refractivity contribution in [3.8, 4) is 0 Å². The molecule has 0 saturated heterocycles. The Hall–Kier alpha value is -2.70. The third-order valence-electron chi connectivity index (χ3n) is 5.35. The second kappa shape index (κ2) is 8.12. The first-order chi connectivity index (χ1) is 13.4. The Labute approximate surface area is 165 Å². The van der Waals surface area contributed by atoms with Gasteiger partial charge in [0.1, 0.15) is 12.2 Å². The smallest absolute Gasteiger partial charge is 0.324 e. The van der Waals surface area contributed by atoms with Gasteiger partial charge in [-0.05, 0) is 43.7 Å². The van der Waals surface area contributed by atoms with Crippen LogP contribution in [0.3, 0.4) is 0 Å². The molecule has 0 aliphatic heterocycles. The second-order valence-electron chi connectivity index (χ2n) is 7.42. The topological polar surface area (TPSA) is 83.3 Å². The molecule has 0 bridgehead atoms. The van der Waals surface area contributed by atoms with Crippen LogP contribution in [0.2, 0.25) is 0 Å². The van der Waals surface area contributed by atoms with Crippen molar-refractivity contribution < 1.29 is 19.1 Å². The number of aryl methyl sites for hydroxylation is 1. The maximum Gasteiger partial charge on any atom is 0.324 e. The molecule has 1 fully saturated rings. The summed E-state index contributed by atoms with van der Waals surface area (Å²) in [7, 11) is 1.93. The average molecular weight is 385 g/mol. The van der Waals surface area contributed by atoms with Gasteiger partial charge in [0.15, 0.2) is 5.92 Å². The summed E-state index contributed by atoms with van der Waals surface area (Å²) in [6.45, 7) is 6.05. The number of carbonyl (C=O) groups is 2. The Morgan fingerprint density at radius 3 is 2.36 bits per heavy atom. The molecule has 7 heteroatoms. The zero-order valence-electron chi connectivity index (χ0n) is 16.8. The molecule has 1 heterocycles. The Kier molecular flexibility index (Phi) is 5.82. The fraction of sp³-hybridized carbons (Fsp3) is 0.524. The fourth-order valence-electron chi connectivity index (χ4n) is 4.23. The van der Waals surface area contributed by atoms with Crippen LogP contribution < -0.4 is 0 Å². The molecule has 1 aromatic heterocycles. The molecular formula is C21H27N3O4. The van der Waals surface area contributed by atoms with E-state index in [4.69, 9.17) is 9.47 Å². The van der Waals surface area contributed by atoms with Crippen molar-refractivity contribution in [3.05, 3.63) is 47.5 Å². The second-order valence-corrected chi connectivity index (χ2v) is 7.42. The molecule has 1 aliphatic rings. The summed E-state index contributed by atoms with van der Waals surface area (Å²) in [5, 5.41) is 8.40. The highest BCUT2D eigenvalue weighted by molar-refractivity contribution is 6.00. The van der Waals surface area contributed by atoms with Crippen molar-refractivity contribution >= 4 is 11.9 Å². The van der Waals surface area contributed by atoms with E-state index in [9.17, 15) is 9.59 Å². The summed E-state index contributed by atoms with van der Waals surface area (Å²) in [6, 6.07) is 7.59. The van der Waals surface area contributed by atoms with Crippen LogP contribution in [0.1, 0.15) is 56.5 Å². The molecule has 0 N–H and O–H groups in total. The van der Waals surface area contributed by atoms with Gasteiger partial charge >= 0.3 is 11.9 Å². The van der Waals surface area contributed by atoms with Crippen LogP contribution in [0.15, 0.2) is 30.6 Å². The van der Waals surface area contributed by atoms with Crippen molar-refractivity contribution in [2.45, 2.75) is 44.9 Å². The number of aromatic nitrogens is 3. The van der Waals surface area contributed by atoms with Crippen molar-refractivity contribution in [2.75, 3.05) is 13.2 Å². The number of hydrogen-bond donors (Lipinski definition) is 0. The van der Waals surface area contributed by atoms with Gasteiger partial charge in [-0.3, -0.25) is 9.59 Å². The van der Waals surface area contributed by atoms with Crippen LogP contribution in [0.25, 0.3) is 0 Å². The van der Waals surface area contributed by atoms with E-state index in [1.165, 1.54) is 0 Å². The lowest BCUT2D eigenvalue weighted by molar-refractivity contribution is -0.156. The third-order valence-corrected chi connectivity index (χ3v) is 5.35. The Morgan fingerprint density at radius 1 is 1.21 bits per heavy atom. The number of carbonyl (C=O) groups excluding carboxylic acids is 2. The average Bonchev–Trinajstić information content (AvgIpc) is 3.06. The SMILES string of the molecule is CCOC(=O)C(C(=O)OCC)c1cccc(C2(c3nncn3C)CC(C)C2)c1. The lowest BCUT2D eigenvalue weighted by Crippen LogP contribution is -2.43. The van der Waals surface area contributed by atoms with Gasteiger partial charge in [0.2, 0.25) is 0 Å². The van der Waals surface area contributed by atoms with Crippen LogP contribution in [0.5, 0.6) is 0 Å². The van der Waals surface area contributed by atoms with Crippen LogP contribution in [0, 0.1) is 5.92 Å². The third kappa shape index (κ3) is 3.53. The first-order valence-electron chi connectivity index (χ1n) is 9.71. The van der Waals surface area contributed by atoms with E-state index >= 15 is 0 Å². The number of ether oxygens (including phenoxy) is 2. The predicted molar refractivity (Wildman–Crippen MR) is 103 cm³/mol. The summed E-state index contributed by atoms with van der Waals surface area (Å²) >= 11 is 0. The van der Waals surface area contributed by atoms with Gasteiger partial charge in [0.05, 0.1) is 18.6 Å². The highest BCUT2D eigenvalue weighted by Gasteiger charge is 2.48. The van der Waals surface area contributed by atoms with Crippen molar-refractivity contribution in [1.29, 1.82) is 0 Å². The number of esters is 2. The molecule has 0 spiro atoms. The van der Waals surface area contributed by atoms with Gasteiger partial charge in [-0.25, -0.2) is 0 Å². The van der Waals surface area contributed by atoms with Gasteiger partial charge < -0.3 is 14.0 Å². The maximum atomic E-state index is 12.5. The number of rotatable bonds is 7. The zero-order chi connectivity index (χ0) is 20.3. The largest absolute Gasteiger partial charge is 0.465 e. The van der Waals surface area contributed by atoms with Gasteiger partial charge in [-0.1, -0.05) is 31.2 Å². The summed E-state index contributed by atoms with van der Waals surface area (Å²) in [5.41, 5.74) is 1.34. The Morgan fingerprint density at radius 2 is 1.86 bits per heavy atom. The Balaban J connectivity index is 2.03. The quantitative estimate of drug-likeness (QED) is 0.538. The number of nitrogens with zero attached hydrogens (tertiary/aromatic N) is 3. The molecule has 28 heavy (non-hydrogen) atoms. The van der Waals surface area contributed by atoms with E-state index < -0.39 is 17.9 Å². The van der Waals surface area contributed by atoms with Crippen molar-refractivity contribution in [1.82, 2.24) is 14.8 Å². The van der Waals surface area contributed by atoms with Gasteiger partial charge in [0.25, 0.3) is 0 Å². The van der Waals surface area contributed by atoms with Crippen LogP contribution >= 0.6 is 0 Å². The zero-order valence-corrected chi connectivity index (χ0v) is 16.8. The van der Waals surface area contributed by atoms with Crippen LogP contribution in [0.4, 0.5) is 0 Å². The van der Waals surface area contributed by atoms with Crippen molar-refractivity contribution in [3.63, 3.8) is 0 Å². The van der Waals surface area contributed by atoms with E-state index in [0.717, 1.165) is 24.2 Å². The predicted octanol–water partition coefficient (Wildman–Crippen LogP) is 2.74. The van der Waals surface area contributed by atoms with E-state index in [2.05, 4.69) is 17.1 Å². The minimum absolute atomic E-state index is 0.203. The molecule has 0 amide bonds. The molecule has 2 aromatic rings. The number of benzene rings is 1. The minimum Gasteiger partial charge on any atom is -0.465 e. The molecule has 3 rings (SSSR count). The van der Waals surface area contributed by atoms with Gasteiger partial charge in [-0.15, -0.1) is 10.2 Å². The molecule has 1 aliphatic carbocycles. The molecule has 0 atom stereocenters. The first-order valence-corrected chi connectivity index (χ1v) is 9.71. The van der Waals surface area contributed by atoms with Crippen LogP contribution in [-0.4, -0.2) is 39.9 Å². The number of hydrogen-bond acceptors (Lipinski definition) is 6. The summed E-state index contributed by atoms with van der Waals surface area (Å²) in [4.78, 5) is 25.0. The molecule has 1 saturated carbocycles. The molecule has 0 unspecified atom stereocenters. The molecule has 7 nitrogen and oxygen atoms in total. The Bertz CT molecular complexity index is 837. The first kappa shape index (κ1) is 20.0. The highest BCUT2D eigenvalue weighted by Crippen LogP contribution is 2.51. The van der Waals surface area contributed by atoms with Crippen molar-refractivity contribution in [2.24, 2.45) is 13.0 Å².